The monoisotopic (exact) mass is 303 g/mol. The van der Waals surface area contributed by atoms with E-state index in [1.165, 1.54) is 17.7 Å². The van der Waals surface area contributed by atoms with E-state index in [1.807, 2.05) is 0 Å². The van der Waals surface area contributed by atoms with Crippen molar-refractivity contribution in [3.63, 3.8) is 0 Å². The molecule has 0 fully saturated rings. The van der Waals surface area contributed by atoms with Gasteiger partial charge in [0.15, 0.2) is 23.7 Å². The molecule has 1 amide bonds. The van der Waals surface area contributed by atoms with Gasteiger partial charge >= 0.3 is 5.97 Å². The van der Waals surface area contributed by atoms with Crippen molar-refractivity contribution in [1.29, 1.82) is 0 Å². The number of hydrogen-bond acceptors (Lipinski definition) is 7. The highest BCUT2D eigenvalue weighted by atomic mass is 32.1. The number of thiazole rings is 1. The fourth-order valence-corrected chi connectivity index (χ4v) is 2.18. The summed E-state index contributed by atoms with van der Waals surface area (Å²) in [5.74, 6) is -1.05. The summed E-state index contributed by atoms with van der Waals surface area (Å²) in [6, 6.07) is 4.71. The second-order valence-corrected chi connectivity index (χ2v) is 4.89. The van der Waals surface area contributed by atoms with E-state index in [2.05, 4.69) is 15.3 Å². The Morgan fingerprint density at radius 1 is 1.33 bits per heavy atom. The number of rotatable bonds is 4. The molecule has 1 aromatic carbocycles. The average molecular weight is 303 g/mol. The van der Waals surface area contributed by atoms with E-state index < -0.39 is 11.9 Å². The summed E-state index contributed by atoms with van der Waals surface area (Å²) in [7, 11) is 0. The van der Waals surface area contributed by atoms with E-state index in [9.17, 15) is 9.59 Å². The quantitative estimate of drug-likeness (QED) is 0.741. The maximum atomic E-state index is 11.8. The minimum absolute atomic E-state index is 0.304. The highest BCUT2D eigenvalue weighted by Crippen LogP contribution is 2.15. The largest absolute Gasteiger partial charge is 0.452 e. The molecule has 0 unspecified atom stereocenters. The number of anilines is 1. The number of oxazole rings is 1. The lowest BCUT2D eigenvalue weighted by atomic mass is 10.2. The Kier molecular flexibility index (Phi) is 3.61. The number of carbonyl (C=O) groups is 2. The van der Waals surface area contributed by atoms with Gasteiger partial charge in [-0.1, -0.05) is 0 Å². The minimum Gasteiger partial charge on any atom is -0.452 e. The molecule has 2 aromatic heterocycles. The van der Waals surface area contributed by atoms with Crippen LogP contribution in [-0.4, -0.2) is 28.5 Å². The fourth-order valence-electron chi connectivity index (χ4n) is 1.64. The van der Waals surface area contributed by atoms with Crippen LogP contribution in [0.15, 0.2) is 40.6 Å². The number of hydrogen-bond donors (Lipinski definition) is 1. The molecule has 106 valence electrons. The van der Waals surface area contributed by atoms with Crippen molar-refractivity contribution in [2.45, 2.75) is 0 Å². The molecular weight excluding hydrogens is 294 g/mol. The van der Waals surface area contributed by atoms with E-state index in [0.29, 0.717) is 21.8 Å². The Hall–Kier alpha value is -2.74. The molecule has 0 aliphatic rings. The second-order valence-electron chi connectivity index (χ2n) is 4.00. The van der Waals surface area contributed by atoms with Gasteiger partial charge in [0.05, 0.1) is 5.56 Å². The van der Waals surface area contributed by atoms with Crippen LogP contribution in [0.1, 0.15) is 10.4 Å². The molecule has 7 nitrogen and oxygen atoms in total. The number of aromatic nitrogens is 2. The minimum atomic E-state index is -0.603. The van der Waals surface area contributed by atoms with Gasteiger partial charge in [0.1, 0.15) is 5.52 Å². The van der Waals surface area contributed by atoms with Gasteiger partial charge in [-0.15, -0.1) is 11.3 Å². The van der Waals surface area contributed by atoms with Crippen molar-refractivity contribution < 1.29 is 18.7 Å². The van der Waals surface area contributed by atoms with Crippen LogP contribution in [0.4, 0.5) is 5.13 Å². The molecule has 8 heteroatoms. The van der Waals surface area contributed by atoms with Crippen molar-refractivity contribution in [2.24, 2.45) is 0 Å². The number of nitrogens with one attached hydrogen (secondary N) is 1. The van der Waals surface area contributed by atoms with Crippen molar-refractivity contribution in [1.82, 2.24) is 9.97 Å². The standard InChI is InChI=1S/C13H9N3O4S/c17-11(16-13-14-3-4-21-13)6-19-12(18)8-1-2-10-9(5-8)15-7-20-10/h1-5,7H,6H2,(H,14,16,17). The van der Waals surface area contributed by atoms with Crippen LogP contribution in [0.25, 0.3) is 11.1 Å². The van der Waals surface area contributed by atoms with Crippen LogP contribution >= 0.6 is 11.3 Å². The van der Waals surface area contributed by atoms with Crippen LogP contribution in [0.3, 0.4) is 0 Å². The number of esters is 1. The van der Waals surface area contributed by atoms with Crippen LogP contribution in [-0.2, 0) is 9.53 Å². The zero-order valence-electron chi connectivity index (χ0n) is 10.6. The maximum Gasteiger partial charge on any atom is 0.338 e. The summed E-state index contributed by atoms with van der Waals surface area (Å²) in [6.45, 7) is -0.380. The Labute approximate surface area is 122 Å². The highest BCUT2D eigenvalue weighted by molar-refractivity contribution is 7.13. The molecule has 2 heterocycles. The molecule has 0 saturated carbocycles. The normalized spacial score (nSPS) is 10.5. The Bertz CT molecular complexity index is 782. The lowest BCUT2D eigenvalue weighted by Crippen LogP contribution is -2.20. The molecule has 0 aliphatic carbocycles. The number of nitrogens with zero attached hydrogens (tertiary/aromatic N) is 2. The summed E-state index contributed by atoms with van der Waals surface area (Å²) in [5.41, 5.74) is 1.43. The van der Waals surface area contributed by atoms with E-state index in [4.69, 9.17) is 9.15 Å². The average Bonchev–Trinajstić information content (AvgIpc) is 3.14. The first-order valence-corrected chi connectivity index (χ1v) is 6.80. The molecule has 0 atom stereocenters. The maximum absolute atomic E-state index is 11.8. The highest BCUT2D eigenvalue weighted by Gasteiger charge is 2.12. The molecule has 0 saturated heterocycles. The van der Waals surface area contributed by atoms with Crippen LogP contribution in [0.2, 0.25) is 0 Å². The lowest BCUT2D eigenvalue weighted by molar-refractivity contribution is -0.119. The number of amides is 1. The predicted molar refractivity (Wildman–Crippen MR) is 75.0 cm³/mol. The SMILES string of the molecule is O=C(COC(=O)c1ccc2ocnc2c1)Nc1nccs1. The molecule has 0 spiro atoms. The van der Waals surface area contributed by atoms with Crippen LogP contribution in [0.5, 0.6) is 0 Å². The molecule has 0 bridgehead atoms. The van der Waals surface area contributed by atoms with Crippen LogP contribution in [0, 0.1) is 0 Å². The number of fused-ring (bicyclic) bond motifs is 1. The zero-order chi connectivity index (χ0) is 14.7. The van der Waals surface area contributed by atoms with E-state index in [-0.39, 0.29) is 6.61 Å². The topological polar surface area (TPSA) is 94.3 Å². The first-order valence-electron chi connectivity index (χ1n) is 5.92. The molecule has 1 N–H and O–H groups in total. The van der Waals surface area contributed by atoms with Crippen molar-refractivity contribution in [3.8, 4) is 0 Å². The summed E-state index contributed by atoms with van der Waals surface area (Å²) < 4.78 is 10.0. The van der Waals surface area contributed by atoms with Gasteiger partial charge in [-0.3, -0.25) is 10.1 Å². The van der Waals surface area contributed by atoms with E-state index >= 15 is 0 Å². The zero-order valence-corrected chi connectivity index (χ0v) is 11.4. The van der Waals surface area contributed by atoms with E-state index in [0.717, 1.165) is 0 Å². The third kappa shape index (κ3) is 3.06. The van der Waals surface area contributed by atoms with Gasteiger partial charge in [-0.05, 0) is 18.2 Å². The summed E-state index contributed by atoms with van der Waals surface area (Å²) in [5, 5.41) is 4.71. The first kappa shape index (κ1) is 13.3. The molecule has 3 rings (SSSR count). The summed E-state index contributed by atoms with van der Waals surface area (Å²) >= 11 is 1.28. The number of ether oxygens (including phenoxy) is 1. The van der Waals surface area contributed by atoms with Gasteiger partial charge in [-0.2, -0.15) is 0 Å². The smallest absolute Gasteiger partial charge is 0.338 e. The molecule has 3 aromatic rings. The molecule has 0 aliphatic heterocycles. The summed E-state index contributed by atoms with van der Waals surface area (Å²) in [4.78, 5) is 31.3. The van der Waals surface area contributed by atoms with Crippen LogP contribution < -0.4 is 5.32 Å². The van der Waals surface area contributed by atoms with Gasteiger partial charge < -0.3 is 9.15 Å². The molecule has 21 heavy (non-hydrogen) atoms. The van der Waals surface area contributed by atoms with E-state index in [1.54, 1.807) is 29.8 Å². The molecule has 0 radical (unpaired) electrons. The van der Waals surface area contributed by atoms with Gasteiger partial charge in [0, 0.05) is 11.6 Å². The van der Waals surface area contributed by atoms with Gasteiger partial charge in [0.2, 0.25) is 0 Å². The predicted octanol–water partition coefficient (Wildman–Crippen LogP) is 2.08. The lowest BCUT2D eigenvalue weighted by Gasteiger charge is -2.04. The fraction of sp³-hybridized carbons (Fsp3) is 0.0769. The van der Waals surface area contributed by atoms with Crippen molar-refractivity contribution in [2.75, 3.05) is 11.9 Å². The van der Waals surface area contributed by atoms with Gasteiger partial charge in [0.25, 0.3) is 5.91 Å². The van der Waals surface area contributed by atoms with Crippen molar-refractivity contribution in [3.05, 3.63) is 41.7 Å². The third-order valence-corrected chi connectivity index (χ3v) is 3.27. The Morgan fingerprint density at radius 2 is 2.24 bits per heavy atom. The number of carbonyl (C=O) groups excluding carboxylic acids is 2. The Morgan fingerprint density at radius 3 is 3.05 bits per heavy atom. The molecular formula is C13H9N3O4S. The first-order chi connectivity index (χ1) is 10.2. The second kappa shape index (κ2) is 5.71. The van der Waals surface area contributed by atoms with Crippen molar-refractivity contribution >= 4 is 39.4 Å². The third-order valence-electron chi connectivity index (χ3n) is 2.58. The number of benzene rings is 1. The Balaban J connectivity index is 1.59. The summed E-state index contributed by atoms with van der Waals surface area (Å²) in [6.07, 6.45) is 2.86. The van der Waals surface area contributed by atoms with Gasteiger partial charge in [-0.25, -0.2) is 14.8 Å².